The summed E-state index contributed by atoms with van der Waals surface area (Å²) in [6, 6.07) is 3.35. The molecule has 5 heteroatoms. The monoisotopic (exact) mass is 394 g/mol. The van der Waals surface area contributed by atoms with E-state index < -0.39 is 5.92 Å². The summed E-state index contributed by atoms with van der Waals surface area (Å²) in [4.78, 5) is 14.8. The molecule has 1 aromatic carbocycles. The van der Waals surface area contributed by atoms with E-state index in [-0.39, 0.29) is 11.7 Å². The predicted molar refractivity (Wildman–Crippen MR) is 96.7 cm³/mol. The topological polar surface area (TPSA) is 32.3 Å². The van der Waals surface area contributed by atoms with Crippen molar-refractivity contribution < 1.29 is 9.18 Å². The van der Waals surface area contributed by atoms with Gasteiger partial charge < -0.3 is 10.2 Å². The lowest BCUT2D eigenvalue weighted by Crippen LogP contribution is -2.45. The number of fused-ring (bicyclic) bond motifs is 4. The summed E-state index contributed by atoms with van der Waals surface area (Å²) in [6.45, 7) is 1.30. The van der Waals surface area contributed by atoms with E-state index in [2.05, 4.69) is 21.2 Å². The number of nitrogens with zero attached hydrogens (tertiary/aromatic N) is 1. The van der Waals surface area contributed by atoms with Crippen molar-refractivity contribution >= 4 is 27.5 Å². The van der Waals surface area contributed by atoms with Gasteiger partial charge in [0.25, 0.3) is 0 Å². The molecule has 1 N–H and O–H groups in total. The molecular formula is C19H24BrFN2O. The number of rotatable bonds is 3. The third kappa shape index (κ3) is 2.75. The average Bonchev–Trinajstić information content (AvgIpc) is 2.92. The number of carbonyl (C=O) groups is 1. The molecule has 1 aliphatic heterocycles. The second kappa shape index (κ2) is 6.01. The standard InChI is InChI=1S/C19H24BrFN2O/c1-23-10-14(17-15(21)8-13(20)9-16(17)23)18(24)22-11-19-5-2-12(3-6-19)4-7-19/h8-9,12,14H,2-7,10-11H2,1H3,(H,22,24). The highest BCUT2D eigenvalue weighted by Crippen LogP contribution is 2.50. The molecule has 5 rings (SSSR count). The Morgan fingerprint density at radius 2 is 2.00 bits per heavy atom. The van der Waals surface area contributed by atoms with E-state index in [9.17, 15) is 9.18 Å². The highest BCUT2D eigenvalue weighted by molar-refractivity contribution is 9.10. The minimum Gasteiger partial charge on any atom is -0.373 e. The molecule has 0 aromatic heterocycles. The molecule has 1 amide bonds. The number of anilines is 1. The van der Waals surface area contributed by atoms with Crippen LogP contribution in [-0.2, 0) is 4.79 Å². The fourth-order valence-corrected chi connectivity index (χ4v) is 5.33. The molecule has 3 fully saturated rings. The number of carbonyl (C=O) groups excluding carboxylic acids is 1. The zero-order valence-electron chi connectivity index (χ0n) is 14.1. The maximum absolute atomic E-state index is 14.4. The molecule has 1 unspecified atom stereocenters. The highest BCUT2D eigenvalue weighted by atomic mass is 79.9. The first-order valence-electron chi connectivity index (χ1n) is 8.95. The van der Waals surface area contributed by atoms with Crippen molar-refractivity contribution in [3.05, 3.63) is 28.0 Å². The summed E-state index contributed by atoms with van der Waals surface area (Å²) < 4.78 is 15.2. The van der Waals surface area contributed by atoms with Gasteiger partial charge >= 0.3 is 0 Å². The lowest BCUT2D eigenvalue weighted by atomic mass is 9.61. The Morgan fingerprint density at radius 1 is 1.33 bits per heavy atom. The Balaban J connectivity index is 1.48. The molecule has 130 valence electrons. The molecule has 2 bridgehead atoms. The summed E-state index contributed by atoms with van der Waals surface area (Å²) in [5.74, 6) is 0.198. The van der Waals surface area contributed by atoms with Crippen LogP contribution >= 0.6 is 15.9 Å². The van der Waals surface area contributed by atoms with Crippen molar-refractivity contribution in [1.29, 1.82) is 0 Å². The van der Waals surface area contributed by atoms with Crippen LogP contribution in [-0.4, -0.2) is 26.0 Å². The van der Waals surface area contributed by atoms with Crippen LogP contribution < -0.4 is 10.2 Å². The lowest BCUT2D eigenvalue weighted by molar-refractivity contribution is -0.123. The van der Waals surface area contributed by atoms with Gasteiger partial charge in [-0.15, -0.1) is 0 Å². The average molecular weight is 395 g/mol. The Labute approximate surface area is 151 Å². The molecule has 0 saturated heterocycles. The number of likely N-dealkylation sites (N-methyl/N-ethyl adjacent to an activating group) is 1. The van der Waals surface area contributed by atoms with Crippen molar-refractivity contribution in [2.24, 2.45) is 11.3 Å². The van der Waals surface area contributed by atoms with Crippen molar-refractivity contribution in [2.75, 3.05) is 25.0 Å². The van der Waals surface area contributed by atoms with Crippen molar-refractivity contribution in [3.63, 3.8) is 0 Å². The zero-order chi connectivity index (χ0) is 16.9. The quantitative estimate of drug-likeness (QED) is 0.832. The minimum atomic E-state index is -0.408. The maximum atomic E-state index is 14.4. The summed E-state index contributed by atoms with van der Waals surface area (Å²) in [5.41, 5.74) is 1.66. The Bertz CT molecular complexity index is 656. The van der Waals surface area contributed by atoms with Gasteiger partial charge in [0.1, 0.15) is 5.82 Å². The van der Waals surface area contributed by atoms with Crippen LogP contribution in [0.1, 0.15) is 50.0 Å². The molecule has 1 heterocycles. The molecule has 0 spiro atoms. The molecule has 3 nitrogen and oxygen atoms in total. The van der Waals surface area contributed by atoms with Crippen LogP contribution in [0.2, 0.25) is 0 Å². The van der Waals surface area contributed by atoms with Gasteiger partial charge in [0, 0.05) is 35.9 Å². The van der Waals surface area contributed by atoms with Crippen LogP contribution in [0.5, 0.6) is 0 Å². The van der Waals surface area contributed by atoms with E-state index in [4.69, 9.17) is 0 Å². The molecule has 4 aliphatic rings. The number of hydrogen-bond acceptors (Lipinski definition) is 2. The van der Waals surface area contributed by atoms with Crippen LogP contribution in [0.4, 0.5) is 10.1 Å². The van der Waals surface area contributed by atoms with E-state index in [1.54, 1.807) is 0 Å². The minimum absolute atomic E-state index is 0.0242. The smallest absolute Gasteiger partial charge is 0.229 e. The van der Waals surface area contributed by atoms with Crippen LogP contribution in [0.15, 0.2) is 16.6 Å². The Hall–Kier alpha value is -1.10. The SMILES string of the molecule is CN1CC(C(=O)NCC23CCC(CC2)CC3)c2c(F)cc(Br)cc21. The Morgan fingerprint density at radius 3 is 2.67 bits per heavy atom. The normalized spacial score (nSPS) is 31.2. The fourth-order valence-electron chi connectivity index (χ4n) is 4.91. The number of benzene rings is 1. The van der Waals surface area contributed by atoms with E-state index in [0.29, 0.717) is 22.0 Å². The molecular weight excluding hydrogens is 371 g/mol. The van der Waals surface area contributed by atoms with Gasteiger partial charge in [-0.2, -0.15) is 0 Å². The fraction of sp³-hybridized carbons (Fsp3) is 0.632. The third-order valence-electron chi connectivity index (χ3n) is 6.49. The van der Waals surface area contributed by atoms with E-state index in [1.165, 1.54) is 44.6 Å². The van der Waals surface area contributed by atoms with Crippen LogP contribution in [0, 0.1) is 17.2 Å². The Kier molecular flexibility index (Phi) is 4.10. The maximum Gasteiger partial charge on any atom is 0.229 e. The molecule has 24 heavy (non-hydrogen) atoms. The van der Waals surface area contributed by atoms with Gasteiger partial charge in [0.05, 0.1) is 5.92 Å². The summed E-state index contributed by atoms with van der Waals surface area (Å²) in [7, 11) is 1.92. The van der Waals surface area contributed by atoms with Crippen LogP contribution in [0.3, 0.4) is 0 Å². The molecule has 1 atom stereocenters. The number of halogens is 2. The summed E-state index contributed by atoms with van der Waals surface area (Å²) >= 11 is 3.34. The zero-order valence-corrected chi connectivity index (χ0v) is 15.7. The van der Waals surface area contributed by atoms with Gasteiger partial charge in [-0.25, -0.2) is 4.39 Å². The second-order valence-corrected chi connectivity index (χ2v) is 8.87. The van der Waals surface area contributed by atoms with Gasteiger partial charge in [-0.3, -0.25) is 4.79 Å². The first-order chi connectivity index (χ1) is 11.5. The van der Waals surface area contributed by atoms with Gasteiger partial charge in [-0.1, -0.05) is 15.9 Å². The second-order valence-electron chi connectivity index (χ2n) is 7.95. The van der Waals surface area contributed by atoms with E-state index in [0.717, 1.165) is 18.2 Å². The first kappa shape index (κ1) is 16.4. The molecule has 3 saturated carbocycles. The van der Waals surface area contributed by atoms with Crippen molar-refractivity contribution in [2.45, 2.75) is 44.4 Å². The largest absolute Gasteiger partial charge is 0.373 e. The van der Waals surface area contributed by atoms with Crippen LogP contribution in [0.25, 0.3) is 0 Å². The van der Waals surface area contributed by atoms with Gasteiger partial charge in [0.2, 0.25) is 5.91 Å². The number of nitrogens with one attached hydrogen (secondary N) is 1. The van der Waals surface area contributed by atoms with Gasteiger partial charge in [-0.05, 0) is 62.0 Å². The summed E-state index contributed by atoms with van der Waals surface area (Å²) in [6.07, 6.45) is 7.65. The summed E-state index contributed by atoms with van der Waals surface area (Å²) in [5, 5.41) is 3.17. The number of amides is 1. The molecule has 1 aromatic rings. The first-order valence-corrected chi connectivity index (χ1v) is 9.74. The van der Waals surface area contributed by atoms with Gasteiger partial charge in [0.15, 0.2) is 0 Å². The molecule has 3 aliphatic carbocycles. The lowest BCUT2D eigenvalue weighted by Gasteiger charge is -2.46. The van der Waals surface area contributed by atoms with E-state index >= 15 is 0 Å². The third-order valence-corrected chi connectivity index (χ3v) is 6.95. The van der Waals surface area contributed by atoms with Crippen molar-refractivity contribution in [3.8, 4) is 0 Å². The molecule has 0 radical (unpaired) electrons. The van der Waals surface area contributed by atoms with Crippen molar-refractivity contribution in [1.82, 2.24) is 5.32 Å². The van der Waals surface area contributed by atoms with E-state index in [1.807, 2.05) is 18.0 Å². The number of hydrogen-bond donors (Lipinski definition) is 1. The highest BCUT2D eigenvalue weighted by Gasteiger charge is 2.41. The predicted octanol–water partition coefficient (Wildman–Crippen LogP) is 4.21.